The van der Waals surface area contributed by atoms with Crippen molar-refractivity contribution in [2.75, 3.05) is 31.2 Å². The van der Waals surface area contributed by atoms with Crippen LogP contribution < -0.4 is 10.2 Å². The number of anilines is 1. The van der Waals surface area contributed by atoms with Crippen LogP contribution in [0.15, 0.2) is 47.1 Å². The number of aryl methyl sites for hydroxylation is 1. The summed E-state index contributed by atoms with van der Waals surface area (Å²) in [5, 5.41) is 6.75. The molecule has 2 aromatic heterocycles. The normalized spacial score (nSPS) is 14.1. The summed E-state index contributed by atoms with van der Waals surface area (Å²) in [6.45, 7) is 5.15. The van der Waals surface area contributed by atoms with Crippen LogP contribution >= 0.6 is 0 Å². The fraction of sp³-hybridized carbons (Fsp3) is 0.300. The topological polar surface area (TPSA) is 93.4 Å². The lowest BCUT2D eigenvalue weighted by Gasteiger charge is -2.29. The Kier molecular flexibility index (Phi) is 5.29. The van der Waals surface area contributed by atoms with Crippen LogP contribution in [0, 0.1) is 6.92 Å². The molecule has 1 aromatic carbocycles. The van der Waals surface area contributed by atoms with Gasteiger partial charge in [0.05, 0.1) is 13.2 Å². The molecule has 1 amide bonds. The number of morpholine rings is 1. The van der Waals surface area contributed by atoms with Crippen molar-refractivity contribution in [3.63, 3.8) is 0 Å². The quantitative estimate of drug-likeness (QED) is 0.726. The molecule has 0 unspecified atom stereocenters. The highest BCUT2D eigenvalue weighted by atomic mass is 16.5. The van der Waals surface area contributed by atoms with E-state index in [1.54, 1.807) is 37.4 Å². The zero-order valence-electron chi connectivity index (χ0n) is 15.6. The molecular weight excluding hydrogens is 358 g/mol. The van der Waals surface area contributed by atoms with E-state index in [0.717, 1.165) is 30.0 Å². The summed E-state index contributed by atoms with van der Waals surface area (Å²) in [5.74, 6) is 1.76. The van der Waals surface area contributed by atoms with E-state index in [2.05, 4.69) is 25.3 Å². The van der Waals surface area contributed by atoms with Crippen LogP contribution in [0.5, 0.6) is 0 Å². The summed E-state index contributed by atoms with van der Waals surface area (Å²) >= 11 is 0. The second-order valence-corrected chi connectivity index (χ2v) is 6.49. The van der Waals surface area contributed by atoms with E-state index in [1.165, 1.54) is 0 Å². The minimum atomic E-state index is -0.148. The number of aromatic nitrogens is 3. The Morgan fingerprint density at radius 2 is 1.96 bits per heavy atom. The predicted octanol–water partition coefficient (Wildman–Crippen LogP) is 2.21. The molecule has 0 atom stereocenters. The van der Waals surface area contributed by atoms with Crippen molar-refractivity contribution in [2.45, 2.75) is 13.5 Å². The van der Waals surface area contributed by atoms with E-state index in [9.17, 15) is 4.79 Å². The van der Waals surface area contributed by atoms with Gasteiger partial charge in [-0.25, -0.2) is 4.98 Å². The number of pyridine rings is 1. The molecule has 0 radical (unpaired) electrons. The van der Waals surface area contributed by atoms with Gasteiger partial charge in [-0.1, -0.05) is 11.2 Å². The highest BCUT2D eigenvalue weighted by Gasteiger charge is 2.16. The molecule has 8 heteroatoms. The molecule has 3 aromatic rings. The van der Waals surface area contributed by atoms with Crippen molar-refractivity contribution >= 4 is 11.7 Å². The van der Waals surface area contributed by atoms with Crippen LogP contribution in [0.25, 0.3) is 11.5 Å². The average Bonchev–Trinajstić information content (AvgIpc) is 3.19. The summed E-state index contributed by atoms with van der Waals surface area (Å²) in [6, 6.07) is 11.0. The summed E-state index contributed by atoms with van der Waals surface area (Å²) in [5.41, 5.74) is 2.33. The monoisotopic (exact) mass is 379 g/mol. The number of carbonyl (C=O) groups excluding carboxylic acids is 1. The number of carbonyl (C=O) groups is 1. The lowest BCUT2D eigenvalue weighted by molar-refractivity contribution is 0.0950. The fourth-order valence-electron chi connectivity index (χ4n) is 3.08. The molecule has 4 rings (SSSR count). The molecular formula is C20H21N5O3. The molecule has 1 N–H and O–H groups in total. The Morgan fingerprint density at radius 1 is 1.18 bits per heavy atom. The third-order valence-electron chi connectivity index (χ3n) is 4.54. The molecule has 1 aliphatic rings. The Morgan fingerprint density at radius 3 is 2.68 bits per heavy atom. The predicted molar refractivity (Wildman–Crippen MR) is 103 cm³/mol. The summed E-state index contributed by atoms with van der Waals surface area (Å²) in [7, 11) is 0. The number of rotatable bonds is 5. The van der Waals surface area contributed by atoms with E-state index in [4.69, 9.17) is 9.26 Å². The van der Waals surface area contributed by atoms with Gasteiger partial charge in [-0.2, -0.15) is 4.98 Å². The van der Waals surface area contributed by atoms with Crippen molar-refractivity contribution in [1.82, 2.24) is 20.4 Å². The lowest BCUT2D eigenvalue weighted by atomic mass is 10.1. The first kappa shape index (κ1) is 18.1. The van der Waals surface area contributed by atoms with Gasteiger partial charge in [0.25, 0.3) is 11.8 Å². The van der Waals surface area contributed by atoms with Gasteiger partial charge in [0.15, 0.2) is 5.82 Å². The zero-order valence-corrected chi connectivity index (χ0v) is 15.6. The average molecular weight is 379 g/mol. The Hall–Kier alpha value is -3.26. The number of benzene rings is 1. The van der Waals surface area contributed by atoms with Gasteiger partial charge in [-0.3, -0.25) is 4.79 Å². The third kappa shape index (κ3) is 4.01. The van der Waals surface area contributed by atoms with Crippen molar-refractivity contribution in [3.8, 4) is 11.5 Å². The number of nitrogens with one attached hydrogen (secondary N) is 1. The molecule has 0 saturated carbocycles. The number of ether oxygens (including phenoxy) is 1. The molecule has 1 aliphatic heterocycles. The van der Waals surface area contributed by atoms with Gasteiger partial charge in [0.1, 0.15) is 5.82 Å². The van der Waals surface area contributed by atoms with Gasteiger partial charge in [-0.05, 0) is 37.3 Å². The molecule has 1 saturated heterocycles. The maximum absolute atomic E-state index is 12.5. The highest BCUT2D eigenvalue weighted by molar-refractivity contribution is 5.94. The van der Waals surface area contributed by atoms with E-state index >= 15 is 0 Å². The maximum atomic E-state index is 12.5. The second kappa shape index (κ2) is 8.18. The molecule has 0 aliphatic carbocycles. The zero-order chi connectivity index (χ0) is 19.3. The third-order valence-corrected chi connectivity index (χ3v) is 4.54. The smallest absolute Gasteiger partial charge is 0.257 e. The van der Waals surface area contributed by atoms with E-state index < -0.39 is 0 Å². The first-order valence-electron chi connectivity index (χ1n) is 9.16. The van der Waals surface area contributed by atoms with Crippen molar-refractivity contribution < 1.29 is 14.1 Å². The SMILES string of the molecule is Cc1noc(-c2ccc(C(=O)NCc3cccnc3N3CCOCC3)cc2)n1. The van der Waals surface area contributed by atoms with E-state index in [-0.39, 0.29) is 5.91 Å². The van der Waals surface area contributed by atoms with E-state index in [1.807, 2.05) is 12.1 Å². The molecule has 28 heavy (non-hydrogen) atoms. The molecule has 0 spiro atoms. The molecule has 3 heterocycles. The van der Waals surface area contributed by atoms with Crippen LogP contribution in [0.2, 0.25) is 0 Å². The Labute approximate surface area is 162 Å². The lowest BCUT2D eigenvalue weighted by Crippen LogP contribution is -2.37. The van der Waals surface area contributed by atoms with Crippen LogP contribution in [0.3, 0.4) is 0 Å². The van der Waals surface area contributed by atoms with Gasteiger partial charge in [0.2, 0.25) is 0 Å². The number of amides is 1. The molecule has 1 fully saturated rings. The standard InChI is InChI=1S/C20H21N5O3/c1-14-23-20(28-24-14)16-6-4-15(5-7-16)19(26)22-13-17-3-2-8-21-18(17)25-9-11-27-12-10-25/h2-8H,9-13H2,1H3,(H,22,26). The minimum absolute atomic E-state index is 0.148. The molecule has 144 valence electrons. The number of hydrogen-bond acceptors (Lipinski definition) is 7. The van der Waals surface area contributed by atoms with Crippen LogP contribution in [0.1, 0.15) is 21.7 Å². The molecule has 8 nitrogen and oxygen atoms in total. The molecule has 0 bridgehead atoms. The van der Waals surface area contributed by atoms with Crippen LogP contribution in [0.4, 0.5) is 5.82 Å². The maximum Gasteiger partial charge on any atom is 0.257 e. The first-order chi connectivity index (χ1) is 13.7. The Balaban J connectivity index is 1.42. The number of hydrogen-bond donors (Lipinski definition) is 1. The van der Waals surface area contributed by atoms with Gasteiger partial charge < -0.3 is 19.5 Å². The van der Waals surface area contributed by atoms with Gasteiger partial charge in [0, 0.05) is 42.5 Å². The Bertz CT molecular complexity index is 948. The van der Waals surface area contributed by atoms with Gasteiger partial charge in [-0.15, -0.1) is 0 Å². The van der Waals surface area contributed by atoms with Crippen LogP contribution in [-0.2, 0) is 11.3 Å². The fourth-order valence-corrected chi connectivity index (χ4v) is 3.08. The van der Waals surface area contributed by atoms with Gasteiger partial charge >= 0.3 is 0 Å². The van der Waals surface area contributed by atoms with Crippen LogP contribution in [-0.4, -0.2) is 47.3 Å². The summed E-state index contributed by atoms with van der Waals surface area (Å²) in [6.07, 6.45) is 1.77. The van der Waals surface area contributed by atoms with Crippen molar-refractivity contribution in [1.29, 1.82) is 0 Å². The van der Waals surface area contributed by atoms with Crippen molar-refractivity contribution in [2.24, 2.45) is 0 Å². The van der Waals surface area contributed by atoms with E-state index in [0.29, 0.717) is 37.0 Å². The largest absolute Gasteiger partial charge is 0.378 e. The summed E-state index contributed by atoms with van der Waals surface area (Å²) in [4.78, 5) is 23.4. The summed E-state index contributed by atoms with van der Waals surface area (Å²) < 4.78 is 10.6. The van der Waals surface area contributed by atoms with Crippen molar-refractivity contribution in [3.05, 3.63) is 59.5 Å². The number of nitrogens with zero attached hydrogens (tertiary/aromatic N) is 4. The first-order valence-corrected chi connectivity index (χ1v) is 9.16. The highest BCUT2D eigenvalue weighted by Crippen LogP contribution is 2.19. The second-order valence-electron chi connectivity index (χ2n) is 6.49. The minimum Gasteiger partial charge on any atom is -0.378 e.